The summed E-state index contributed by atoms with van der Waals surface area (Å²) >= 11 is 6.85. The molecule has 0 saturated carbocycles. The second-order valence-electron chi connectivity index (χ2n) is 11.9. The van der Waals surface area contributed by atoms with Crippen molar-refractivity contribution in [3.63, 3.8) is 0 Å². The number of nitrogens with zero attached hydrogens (tertiary/aromatic N) is 4. The summed E-state index contributed by atoms with van der Waals surface area (Å²) in [6, 6.07) is 14.3. The number of hydrogen-bond donors (Lipinski definition) is 3. The molecule has 0 radical (unpaired) electrons. The Labute approximate surface area is 238 Å². The molecule has 3 fully saturated rings. The highest BCUT2D eigenvalue weighted by Gasteiger charge is 2.34. The third-order valence-corrected chi connectivity index (χ3v) is 9.22. The van der Waals surface area contributed by atoms with Crippen molar-refractivity contribution in [3.8, 4) is 16.9 Å². The number of hydrogen-bond acceptors (Lipinski definition) is 7. The zero-order chi connectivity index (χ0) is 27.5. The summed E-state index contributed by atoms with van der Waals surface area (Å²) in [5.74, 6) is 0.708. The van der Waals surface area contributed by atoms with Crippen LogP contribution in [0.1, 0.15) is 32.1 Å². The minimum absolute atomic E-state index is 0.0572. The van der Waals surface area contributed by atoms with Gasteiger partial charge >= 0.3 is 0 Å². The van der Waals surface area contributed by atoms with Crippen LogP contribution in [-0.4, -0.2) is 71.3 Å². The lowest BCUT2D eigenvalue weighted by molar-refractivity contribution is 0.230. The topological polar surface area (TPSA) is 76.5 Å². The number of benzene rings is 3. The molecule has 3 saturated heterocycles. The molecule has 3 aromatic carbocycles. The van der Waals surface area contributed by atoms with Crippen molar-refractivity contribution < 1.29 is 9.50 Å². The van der Waals surface area contributed by atoms with Gasteiger partial charge in [-0.1, -0.05) is 42.3 Å². The highest BCUT2D eigenvalue weighted by molar-refractivity contribution is 6.35. The van der Waals surface area contributed by atoms with E-state index < -0.39 is 5.82 Å². The molecular weight excluding hydrogens is 527 g/mol. The number of piperidine rings is 2. The van der Waals surface area contributed by atoms with E-state index >= 15 is 4.39 Å². The molecule has 40 heavy (non-hydrogen) atoms. The normalized spacial score (nSPS) is 23.1. The fourth-order valence-corrected chi connectivity index (χ4v) is 7.00. The Morgan fingerprint density at radius 2 is 1.80 bits per heavy atom. The summed E-state index contributed by atoms with van der Waals surface area (Å²) in [6.07, 6.45) is 5.66. The summed E-state index contributed by atoms with van der Waals surface area (Å²) < 4.78 is 16.7. The second-order valence-corrected chi connectivity index (χ2v) is 12.3. The zero-order valence-electron chi connectivity index (χ0n) is 22.8. The lowest BCUT2D eigenvalue weighted by atomic mass is 9.84. The molecule has 4 heterocycles. The van der Waals surface area contributed by atoms with Gasteiger partial charge in [-0.3, -0.25) is 0 Å². The van der Waals surface area contributed by atoms with Gasteiger partial charge in [0, 0.05) is 48.2 Å². The number of nitrogens with one attached hydrogen (secondary N) is 2. The van der Waals surface area contributed by atoms with Crippen LogP contribution in [0.2, 0.25) is 5.02 Å². The monoisotopic (exact) mass is 560 g/mol. The molecule has 7 rings (SSSR count). The first kappa shape index (κ1) is 25.7. The molecule has 3 aliphatic heterocycles. The number of phenolic OH excluding ortho intramolecular Hbond substituents is 1. The minimum Gasteiger partial charge on any atom is -0.508 e. The summed E-state index contributed by atoms with van der Waals surface area (Å²) in [5, 5.41) is 20.4. The average molecular weight is 561 g/mol. The third kappa shape index (κ3) is 4.52. The van der Waals surface area contributed by atoms with E-state index in [0.29, 0.717) is 40.8 Å². The number of rotatable bonds is 5. The van der Waals surface area contributed by atoms with Crippen LogP contribution in [0.15, 0.2) is 42.5 Å². The van der Waals surface area contributed by atoms with Gasteiger partial charge in [-0.25, -0.2) is 9.37 Å². The minimum atomic E-state index is -0.503. The van der Waals surface area contributed by atoms with Crippen LogP contribution >= 0.6 is 11.6 Å². The summed E-state index contributed by atoms with van der Waals surface area (Å²) in [7, 11) is 4.13. The van der Waals surface area contributed by atoms with Crippen molar-refractivity contribution in [1.29, 1.82) is 0 Å². The molecule has 1 unspecified atom stereocenters. The van der Waals surface area contributed by atoms with E-state index in [2.05, 4.69) is 34.5 Å². The highest BCUT2D eigenvalue weighted by atomic mass is 35.5. The van der Waals surface area contributed by atoms with E-state index in [9.17, 15) is 5.11 Å². The lowest BCUT2D eigenvalue weighted by Crippen LogP contribution is -2.58. The first-order valence-electron chi connectivity index (χ1n) is 14.2. The van der Waals surface area contributed by atoms with Crippen molar-refractivity contribution in [2.24, 2.45) is 0 Å². The second kappa shape index (κ2) is 10.0. The Bertz CT molecular complexity index is 1590. The van der Waals surface area contributed by atoms with Gasteiger partial charge in [0.05, 0.1) is 5.02 Å². The van der Waals surface area contributed by atoms with Crippen LogP contribution < -0.4 is 15.5 Å². The quantitative estimate of drug-likeness (QED) is 0.285. The Morgan fingerprint density at radius 1 is 1.05 bits per heavy atom. The molecule has 0 spiro atoms. The molecule has 9 heteroatoms. The standard InChI is InChI=1S/C31H34ClFN6O/c1-38(2)21-15-39(16-21)31-36-29-25(30(37-31)35-20-11-18-7-5-8-19(12-20)34-18)14-26(32)27(28(29)33)24-13-22(40)10-17-6-3-4-9-23(17)24/h3-4,6,9-10,13-14,18-21,34,40H,5,7-8,11-12,15-16H2,1-2H3,(H,35,36,37)/t18-,19?,20-/m1/s1. The molecule has 0 amide bonds. The molecule has 7 nitrogen and oxygen atoms in total. The van der Waals surface area contributed by atoms with Gasteiger partial charge in [0.2, 0.25) is 5.95 Å². The smallest absolute Gasteiger partial charge is 0.228 e. The summed E-state index contributed by atoms with van der Waals surface area (Å²) in [4.78, 5) is 14.0. The van der Waals surface area contributed by atoms with Crippen molar-refractivity contribution in [2.75, 3.05) is 37.4 Å². The van der Waals surface area contributed by atoms with Crippen molar-refractivity contribution in [1.82, 2.24) is 20.2 Å². The molecule has 4 aromatic rings. The van der Waals surface area contributed by atoms with Gasteiger partial charge < -0.3 is 25.5 Å². The van der Waals surface area contributed by atoms with E-state index in [1.807, 2.05) is 24.3 Å². The highest BCUT2D eigenvalue weighted by Crippen LogP contribution is 2.42. The van der Waals surface area contributed by atoms with Gasteiger partial charge in [-0.05, 0) is 74.3 Å². The molecule has 2 bridgehead atoms. The van der Waals surface area contributed by atoms with Crippen LogP contribution in [-0.2, 0) is 0 Å². The van der Waals surface area contributed by atoms with Crippen molar-refractivity contribution >= 4 is 45.0 Å². The van der Waals surface area contributed by atoms with Gasteiger partial charge in [0.25, 0.3) is 0 Å². The summed E-state index contributed by atoms with van der Waals surface area (Å²) in [5.41, 5.74) is 1.02. The average Bonchev–Trinajstić information content (AvgIpc) is 2.88. The van der Waals surface area contributed by atoms with Crippen LogP contribution in [0.3, 0.4) is 0 Å². The molecule has 1 aromatic heterocycles. The predicted octanol–water partition coefficient (Wildman–Crippen LogP) is 5.78. The zero-order valence-corrected chi connectivity index (χ0v) is 23.5. The SMILES string of the molecule is CN(C)C1CN(c2nc(N[C@H]3CC4CCC[C@H](C3)N4)c3cc(Cl)c(-c4cc(O)cc5ccccc45)c(F)c3n2)C1. The van der Waals surface area contributed by atoms with E-state index in [1.54, 1.807) is 18.2 Å². The van der Waals surface area contributed by atoms with Crippen LogP contribution in [0.25, 0.3) is 32.8 Å². The van der Waals surface area contributed by atoms with Crippen molar-refractivity contribution in [3.05, 3.63) is 53.3 Å². The fraction of sp³-hybridized carbons (Fsp3) is 0.419. The maximum absolute atomic E-state index is 16.7. The first-order chi connectivity index (χ1) is 19.3. The van der Waals surface area contributed by atoms with E-state index in [1.165, 1.54) is 19.3 Å². The number of fused-ring (bicyclic) bond motifs is 4. The number of aromatic hydroxyl groups is 1. The number of phenols is 1. The molecule has 208 valence electrons. The number of aromatic nitrogens is 2. The van der Waals surface area contributed by atoms with E-state index in [0.717, 1.165) is 36.7 Å². The maximum atomic E-state index is 16.7. The lowest BCUT2D eigenvalue weighted by Gasteiger charge is -2.43. The number of halogens is 2. The summed E-state index contributed by atoms with van der Waals surface area (Å²) in [6.45, 7) is 1.57. The number of likely N-dealkylation sites (N-methyl/N-ethyl adjacent to an activating group) is 1. The first-order valence-corrected chi connectivity index (χ1v) is 14.6. The van der Waals surface area contributed by atoms with Crippen LogP contribution in [0.5, 0.6) is 5.75 Å². The Morgan fingerprint density at radius 3 is 2.55 bits per heavy atom. The Balaban J connectivity index is 1.36. The number of anilines is 2. The molecule has 0 aliphatic carbocycles. The van der Waals surface area contributed by atoms with E-state index in [4.69, 9.17) is 21.6 Å². The molecule has 3 atom stereocenters. The molecular formula is C31H34ClFN6O. The molecule has 3 aliphatic rings. The maximum Gasteiger partial charge on any atom is 0.228 e. The van der Waals surface area contributed by atoms with Gasteiger partial charge in [-0.15, -0.1) is 0 Å². The molecule has 3 N–H and O–H groups in total. The van der Waals surface area contributed by atoms with Gasteiger partial charge in [-0.2, -0.15) is 4.98 Å². The predicted molar refractivity (Wildman–Crippen MR) is 160 cm³/mol. The van der Waals surface area contributed by atoms with Crippen LogP contribution in [0, 0.1) is 5.82 Å². The third-order valence-electron chi connectivity index (χ3n) is 8.92. The fourth-order valence-electron chi connectivity index (χ4n) is 6.71. The van der Waals surface area contributed by atoms with Gasteiger partial charge in [0.15, 0.2) is 5.82 Å². The van der Waals surface area contributed by atoms with Gasteiger partial charge in [0.1, 0.15) is 17.1 Å². The largest absolute Gasteiger partial charge is 0.508 e. The van der Waals surface area contributed by atoms with Crippen molar-refractivity contribution in [2.45, 2.75) is 56.3 Å². The van der Waals surface area contributed by atoms with Crippen LogP contribution in [0.4, 0.5) is 16.2 Å². The Kier molecular flexibility index (Phi) is 6.45. The Hall–Kier alpha value is -3.20. The van der Waals surface area contributed by atoms with E-state index in [-0.39, 0.29) is 27.9 Å².